The second-order valence-corrected chi connectivity index (χ2v) is 11.9. The quantitative estimate of drug-likeness (QED) is 0.212. The number of aromatic nitrogens is 6. The van der Waals surface area contributed by atoms with Crippen molar-refractivity contribution < 1.29 is 19.1 Å². The molecule has 4 aliphatic rings. The minimum atomic E-state index is -0.322. The van der Waals surface area contributed by atoms with Gasteiger partial charge in [-0.1, -0.05) is 31.7 Å². The molecule has 2 saturated heterocycles. The van der Waals surface area contributed by atoms with Crippen LogP contribution in [0.2, 0.25) is 0 Å². The average molecular weight is 659 g/mol. The van der Waals surface area contributed by atoms with Gasteiger partial charge in [-0.2, -0.15) is 0 Å². The lowest BCUT2D eigenvalue weighted by Gasteiger charge is -2.39. The summed E-state index contributed by atoms with van der Waals surface area (Å²) in [5, 5.41) is 7.92. The van der Waals surface area contributed by atoms with Gasteiger partial charge in [0, 0.05) is 58.4 Å². The molecule has 2 amide bonds. The molecule has 14 nitrogen and oxygen atoms in total. The fourth-order valence-electron chi connectivity index (χ4n) is 6.76. The van der Waals surface area contributed by atoms with Crippen LogP contribution in [-0.2, 0) is 19.1 Å². The van der Waals surface area contributed by atoms with Crippen molar-refractivity contribution in [3.63, 3.8) is 0 Å². The van der Waals surface area contributed by atoms with E-state index in [2.05, 4.69) is 30.6 Å². The number of rotatable bonds is 2. The number of nitrogens with zero attached hydrogens (tertiary/aromatic N) is 6. The van der Waals surface area contributed by atoms with Gasteiger partial charge in [0.1, 0.15) is 23.5 Å². The van der Waals surface area contributed by atoms with Crippen LogP contribution in [0.25, 0.3) is 44.6 Å². The highest BCUT2D eigenvalue weighted by molar-refractivity contribution is 6.04. The first kappa shape index (κ1) is 30.5. The summed E-state index contributed by atoms with van der Waals surface area (Å²) in [6.45, 7) is 3.26. The molecule has 2 fully saturated rings. The van der Waals surface area contributed by atoms with Crippen molar-refractivity contribution in [1.29, 1.82) is 0 Å². The third-order valence-electron chi connectivity index (χ3n) is 9.13. The van der Waals surface area contributed by atoms with E-state index in [1.807, 2.05) is 70.7 Å². The van der Waals surface area contributed by atoms with Gasteiger partial charge in [0.15, 0.2) is 23.3 Å². The van der Waals surface area contributed by atoms with Crippen LogP contribution < -0.4 is 20.4 Å². The Morgan fingerprint density at radius 1 is 0.653 bits per heavy atom. The predicted octanol–water partition coefficient (Wildman–Crippen LogP) is 4.20. The van der Waals surface area contributed by atoms with Gasteiger partial charge in [0.25, 0.3) is 0 Å². The smallest absolute Gasteiger partial charge is 0.249 e. The summed E-state index contributed by atoms with van der Waals surface area (Å²) < 4.78 is 10.9. The number of aromatic amines is 2. The third kappa shape index (κ3) is 5.21. The van der Waals surface area contributed by atoms with E-state index in [1.165, 1.54) is 0 Å². The Morgan fingerprint density at radius 2 is 1.12 bits per heavy atom. The number of morpholine rings is 2. The number of carbonyl (C=O) groups excluding carboxylic acids is 2. The highest BCUT2D eigenvalue weighted by Crippen LogP contribution is 2.36. The molecule has 0 radical (unpaired) electrons. The van der Waals surface area contributed by atoms with Gasteiger partial charge in [0.2, 0.25) is 11.8 Å². The molecule has 0 spiro atoms. The van der Waals surface area contributed by atoms with E-state index in [0.29, 0.717) is 62.5 Å². The molecule has 6 aromatic rings. The Morgan fingerprint density at radius 3 is 1.59 bits per heavy atom. The Labute approximate surface area is 280 Å². The zero-order valence-electron chi connectivity index (χ0n) is 25.6. The molecule has 4 aromatic heterocycles. The Hall–Kier alpha value is -5.86. The highest BCUT2D eigenvalue weighted by atomic mass is 16.5. The zero-order valence-corrected chi connectivity index (χ0v) is 25.6. The molecule has 0 saturated carbocycles. The number of hydrogen-bond acceptors (Lipinski definition) is 10. The Bertz CT molecular complexity index is 2060. The van der Waals surface area contributed by atoms with Crippen LogP contribution in [-0.4, -0.2) is 93.3 Å². The van der Waals surface area contributed by atoms with E-state index in [-0.39, 0.29) is 31.3 Å². The molecule has 248 valence electrons. The molecule has 10 rings (SSSR count). The number of hydrogen-bond donors (Lipinski definition) is 4. The van der Waals surface area contributed by atoms with Gasteiger partial charge in [-0.05, 0) is 24.3 Å². The van der Waals surface area contributed by atoms with E-state index in [0.717, 1.165) is 44.6 Å². The normalized spacial score (nSPS) is 19.3. The van der Waals surface area contributed by atoms with Gasteiger partial charge in [0.05, 0.1) is 38.8 Å². The molecule has 8 heterocycles. The highest BCUT2D eigenvalue weighted by Gasteiger charge is 2.38. The van der Waals surface area contributed by atoms with Crippen molar-refractivity contribution in [2.75, 3.05) is 60.0 Å². The summed E-state index contributed by atoms with van der Waals surface area (Å²) in [7, 11) is 0. The molecule has 2 aromatic carbocycles. The summed E-state index contributed by atoms with van der Waals surface area (Å²) in [5.74, 6) is 2.71. The molecule has 4 aliphatic heterocycles. The standard InChI is InChI=1S/2C17H15N5O2.CH4/c2*23-17-14-9-24-7-6-22(14)16-13(20-17)8-19-15(21-16)11-2-1-3-12-10(11)4-5-18-12;/h2*1-5,8,14,18H,6-7,9H2,(H,20,23);1H4/t2*14-;/m10./s1. The molecule has 0 bridgehead atoms. The molecule has 0 unspecified atom stereocenters. The number of H-pyrrole nitrogens is 2. The van der Waals surface area contributed by atoms with Crippen LogP contribution >= 0.6 is 0 Å². The first-order chi connectivity index (χ1) is 23.6. The summed E-state index contributed by atoms with van der Waals surface area (Å²) in [4.78, 5) is 53.3. The Balaban J connectivity index is 0.000000139. The number of anilines is 4. The van der Waals surface area contributed by atoms with Crippen molar-refractivity contribution in [3.8, 4) is 22.8 Å². The maximum absolute atomic E-state index is 12.2. The second-order valence-electron chi connectivity index (χ2n) is 11.9. The molecule has 4 N–H and O–H groups in total. The van der Waals surface area contributed by atoms with Gasteiger partial charge in [-0.15, -0.1) is 0 Å². The fraction of sp³-hybridized carbons (Fsp3) is 0.257. The number of benzene rings is 2. The molecule has 0 aliphatic carbocycles. The number of carbonyl (C=O) groups is 2. The minimum Gasteiger partial charge on any atom is -0.377 e. The summed E-state index contributed by atoms with van der Waals surface area (Å²) in [6, 6.07) is 15.4. The van der Waals surface area contributed by atoms with Crippen molar-refractivity contribution in [3.05, 3.63) is 73.3 Å². The first-order valence-electron chi connectivity index (χ1n) is 15.8. The number of ether oxygens (including phenoxy) is 2. The van der Waals surface area contributed by atoms with Crippen molar-refractivity contribution in [1.82, 2.24) is 29.9 Å². The third-order valence-corrected chi connectivity index (χ3v) is 9.13. The number of nitrogens with one attached hydrogen (secondary N) is 4. The van der Waals surface area contributed by atoms with Gasteiger partial charge >= 0.3 is 0 Å². The van der Waals surface area contributed by atoms with Gasteiger partial charge in [-0.3, -0.25) is 9.59 Å². The molecular formula is C35H34N10O4. The lowest BCUT2D eigenvalue weighted by Crippen LogP contribution is -2.55. The number of amides is 2. The summed E-state index contributed by atoms with van der Waals surface area (Å²) in [5.41, 5.74) is 5.35. The minimum absolute atomic E-state index is 0. The molecule has 49 heavy (non-hydrogen) atoms. The van der Waals surface area contributed by atoms with E-state index in [4.69, 9.17) is 19.4 Å². The van der Waals surface area contributed by atoms with Crippen LogP contribution in [0, 0.1) is 0 Å². The monoisotopic (exact) mass is 658 g/mol. The van der Waals surface area contributed by atoms with Crippen LogP contribution in [0.4, 0.5) is 23.0 Å². The summed E-state index contributed by atoms with van der Waals surface area (Å²) in [6.07, 6.45) is 7.19. The van der Waals surface area contributed by atoms with Crippen LogP contribution in [0.5, 0.6) is 0 Å². The lowest BCUT2D eigenvalue weighted by atomic mass is 10.1. The molecule has 14 heteroatoms. The largest absolute Gasteiger partial charge is 0.377 e. The maximum atomic E-state index is 12.2. The SMILES string of the molecule is C.O=C1Nc2cnc(-c3cccc4[nH]ccc34)nc2N2CCOC[C@@H]12.O=C1Nc2cnc(-c3cccc4[nH]ccc34)nc2N2CCOC[C@H]12. The van der Waals surface area contributed by atoms with E-state index in [9.17, 15) is 9.59 Å². The zero-order chi connectivity index (χ0) is 32.2. The average Bonchev–Trinajstić information content (AvgIpc) is 3.82. The maximum Gasteiger partial charge on any atom is 0.249 e. The van der Waals surface area contributed by atoms with Crippen LogP contribution in [0.1, 0.15) is 7.43 Å². The van der Waals surface area contributed by atoms with Crippen LogP contribution in [0.3, 0.4) is 0 Å². The topological polar surface area (TPSA) is 166 Å². The molecule has 2 atom stereocenters. The predicted molar refractivity (Wildman–Crippen MR) is 187 cm³/mol. The number of fused-ring (bicyclic) bond motifs is 8. The van der Waals surface area contributed by atoms with Crippen molar-refractivity contribution >= 4 is 56.6 Å². The summed E-state index contributed by atoms with van der Waals surface area (Å²) >= 11 is 0. The fourth-order valence-corrected chi connectivity index (χ4v) is 6.76. The second kappa shape index (κ2) is 12.3. The molecular weight excluding hydrogens is 624 g/mol. The van der Waals surface area contributed by atoms with Crippen molar-refractivity contribution in [2.24, 2.45) is 0 Å². The Kier molecular flexibility index (Phi) is 7.65. The van der Waals surface area contributed by atoms with E-state index < -0.39 is 0 Å². The van der Waals surface area contributed by atoms with E-state index in [1.54, 1.807) is 12.4 Å². The van der Waals surface area contributed by atoms with Crippen LogP contribution in [0.15, 0.2) is 73.3 Å². The van der Waals surface area contributed by atoms with Crippen molar-refractivity contribution in [2.45, 2.75) is 19.5 Å². The van der Waals surface area contributed by atoms with Gasteiger partial charge in [-0.25, -0.2) is 19.9 Å². The van der Waals surface area contributed by atoms with Gasteiger partial charge < -0.3 is 39.9 Å². The van der Waals surface area contributed by atoms with E-state index >= 15 is 0 Å². The first-order valence-corrected chi connectivity index (χ1v) is 15.8. The lowest BCUT2D eigenvalue weighted by molar-refractivity contribution is -0.120.